The Morgan fingerprint density at radius 2 is 1.85 bits per heavy atom. The van der Waals surface area contributed by atoms with Crippen molar-refractivity contribution >= 4 is 39.9 Å². The molecule has 0 aliphatic carbocycles. The van der Waals surface area contributed by atoms with Gasteiger partial charge in [-0.15, -0.1) is 0 Å². The second-order valence-electron chi connectivity index (χ2n) is 4.70. The van der Waals surface area contributed by atoms with Gasteiger partial charge in [-0.05, 0) is 36.8 Å². The summed E-state index contributed by atoms with van der Waals surface area (Å²) in [6.45, 7) is 1.94. The van der Waals surface area contributed by atoms with Gasteiger partial charge in [-0.2, -0.15) is 0 Å². The van der Waals surface area contributed by atoms with Crippen molar-refractivity contribution in [3.63, 3.8) is 0 Å². The maximum atomic E-state index is 12.6. The number of H-pyrrole nitrogens is 1. The summed E-state index contributed by atoms with van der Waals surface area (Å²) in [7, 11) is 0. The minimum Gasteiger partial charge on any atom is -0.360 e. The average molecular weight is 304 g/mol. The number of hydrogen-bond acceptors (Lipinski definition) is 1. The summed E-state index contributed by atoms with van der Waals surface area (Å²) in [5.74, 6) is -0.0939. The second kappa shape index (κ2) is 4.97. The first-order valence-electron chi connectivity index (χ1n) is 6.14. The highest BCUT2D eigenvalue weighted by atomic mass is 35.5. The first-order valence-corrected chi connectivity index (χ1v) is 6.89. The summed E-state index contributed by atoms with van der Waals surface area (Å²) in [6, 6.07) is 10.8. The minimum atomic E-state index is -0.0939. The Kier molecular flexibility index (Phi) is 3.28. The van der Waals surface area contributed by atoms with Gasteiger partial charge in [0.1, 0.15) is 0 Å². The summed E-state index contributed by atoms with van der Waals surface area (Å²) in [5.41, 5.74) is 2.97. The van der Waals surface area contributed by atoms with Crippen LogP contribution in [0.25, 0.3) is 10.9 Å². The zero-order valence-electron chi connectivity index (χ0n) is 10.7. The fourth-order valence-electron chi connectivity index (χ4n) is 2.24. The van der Waals surface area contributed by atoms with E-state index in [0.29, 0.717) is 21.2 Å². The zero-order valence-corrected chi connectivity index (χ0v) is 12.2. The van der Waals surface area contributed by atoms with Crippen molar-refractivity contribution < 1.29 is 4.79 Å². The monoisotopic (exact) mass is 303 g/mol. The molecule has 0 saturated carbocycles. The molecule has 3 rings (SSSR count). The molecule has 2 aromatic carbocycles. The fourth-order valence-corrected chi connectivity index (χ4v) is 2.73. The van der Waals surface area contributed by atoms with E-state index < -0.39 is 0 Å². The number of benzene rings is 2. The maximum absolute atomic E-state index is 12.6. The van der Waals surface area contributed by atoms with Crippen molar-refractivity contribution in [2.24, 2.45) is 0 Å². The Balaban J connectivity index is 2.13. The van der Waals surface area contributed by atoms with Crippen molar-refractivity contribution in [2.75, 3.05) is 0 Å². The van der Waals surface area contributed by atoms with Crippen LogP contribution in [0.5, 0.6) is 0 Å². The summed E-state index contributed by atoms with van der Waals surface area (Å²) >= 11 is 12.1. The predicted octanol–water partition coefficient (Wildman–Crippen LogP) is 5.01. The Labute approximate surface area is 126 Å². The van der Waals surface area contributed by atoms with Crippen molar-refractivity contribution in [2.45, 2.75) is 6.92 Å². The van der Waals surface area contributed by atoms with Crippen molar-refractivity contribution in [3.8, 4) is 0 Å². The fraction of sp³-hybridized carbons (Fsp3) is 0.0625. The van der Waals surface area contributed by atoms with E-state index >= 15 is 0 Å². The zero-order chi connectivity index (χ0) is 14.3. The highest BCUT2D eigenvalue weighted by molar-refractivity contribution is 6.35. The number of fused-ring (bicyclic) bond motifs is 1. The van der Waals surface area contributed by atoms with Gasteiger partial charge in [0, 0.05) is 33.2 Å². The average Bonchev–Trinajstić information content (AvgIpc) is 2.80. The van der Waals surface area contributed by atoms with E-state index in [2.05, 4.69) is 4.98 Å². The Morgan fingerprint density at radius 1 is 1.05 bits per heavy atom. The Hall–Kier alpha value is -1.77. The van der Waals surface area contributed by atoms with E-state index in [0.717, 1.165) is 16.5 Å². The van der Waals surface area contributed by atoms with Crippen LogP contribution in [0, 0.1) is 6.92 Å². The van der Waals surface area contributed by atoms with Crippen LogP contribution in [0.3, 0.4) is 0 Å². The first kappa shape index (κ1) is 13.2. The molecule has 0 aliphatic rings. The molecule has 0 aliphatic heterocycles. The maximum Gasteiger partial charge on any atom is 0.196 e. The van der Waals surface area contributed by atoms with Crippen LogP contribution in [0.1, 0.15) is 21.5 Å². The Bertz CT molecular complexity index is 820. The molecule has 100 valence electrons. The molecule has 0 bridgehead atoms. The number of carbonyl (C=O) groups is 1. The number of aromatic nitrogens is 1. The molecule has 0 saturated heterocycles. The highest BCUT2D eigenvalue weighted by Crippen LogP contribution is 2.27. The molecule has 4 heteroatoms. The molecule has 1 aromatic heterocycles. The summed E-state index contributed by atoms with van der Waals surface area (Å²) in [4.78, 5) is 15.7. The van der Waals surface area contributed by atoms with Crippen molar-refractivity contribution in [3.05, 3.63) is 69.3 Å². The summed E-state index contributed by atoms with van der Waals surface area (Å²) in [6.07, 6.45) is 1.69. The standard InChI is InChI=1S/C16H11Cl2NO/c1-9-2-4-12(14(18)6-9)16(20)13-8-19-15-7-10(17)3-5-11(13)15/h2-8,19H,1H3. The number of hydrogen-bond donors (Lipinski definition) is 1. The molecule has 0 atom stereocenters. The molecule has 0 fully saturated rings. The van der Waals surface area contributed by atoms with Gasteiger partial charge in [0.2, 0.25) is 0 Å². The van der Waals surface area contributed by atoms with E-state index in [-0.39, 0.29) is 5.78 Å². The quantitative estimate of drug-likeness (QED) is 0.663. The van der Waals surface area contributed by atoms with E-state index in [1.54, 1.807) is 30.5 Å². The van der Waals surface area contributed by atoms with Crippen LogP contribution in [0.4, 0.5) is 0 Å². The largest absolute Gasteiger partial charge is 0.360 e. The lowest BCUT2D eigenvalue weighted by atomic mass is 10.0. The lowest BCUT2D eigenvalue weighted by Gasteiger charge is -2.04. The molecule has 1 heterocycles. The van der Waals surface area contributed by atoms with Gasteiger partial charge in [0.15, 0.2) is 5.78 Å². The number of nitrogens with one attached hydrogen (secondary N) is 1. The number of aromatic amines is 1. The van der Waals surface area contributed by atoms with E-state index in [1.165, 1.54) is 0 Å². The van der Waals surface area contributed by atoms with Crippen LogP contribution in [0.15, 0.2) is 42.6 Å². The third-order valence-corrected chi connectivity index (χ3v) is 3.81. The predicted molar refractivity (Wildman–Crippen MR) is 82.9 cm³/mol. The Morgan fingerprint density at radius 3 is 2.60 bits per heavy atom. The lowest BCUT2D eigenvalue weighted by molar-refractivity contribution is 0.104. The van der Waals surface area contributed by atoms with Crippen LogP contribution in [0.2, 0.25) is 10.0 Å². The van der Waals surface area contributed by atoms with Crippen LogP contribution in [-0.4, -0.2) is 10.8 Å². The van der Waals surface area contributed by atoms with Gasteiger partial charge < -0.3 is 4.98 Å². The van der Waals surface area contributed by atoms with Gasteiger partial charge in [-0.25, -0.2) is 0 Å². The third kappa shape index (κ3) is 2.21. The molecular weight excluding hydrogens is 293 g/mol. The van der Waals surface area contributed by atoms with Gasteiger partial charge in [-0.1, -0.05) is 35.3 Å². The summed E-state index contributed by atoms with van der Waals surface area (Å²) < 4.78 is 0. The topological polar surface area (TPSA) is 32.9 Å². The smallest absolute Gasteiger partial charge is 0.196 e. The normalized spacial score (nSPS) is 10.9. The summed E-state index contributed by atoms with van der Waals surface area (Å²) in [5, 5.41) is 1.95. The van der Waals surface area contributed by atoms with E-state index in [1.807, 2.05) is 19.1 Å². The number of carbonyl (C=O) groups excluding carboxylic acids is 1. The molecule has 1 N–H and O–H groups in total. The minimum absolute atomic E-state index is 0.0939. The molecule has 20 heavy (non-hydrogen) atoms. The lowest BCUT2D eigenvalue weighted by Crippen LogP contribution is -2.01. The van der Waals surface area contributed by atoms with Gasteiger partial charge in [-0.3, -0.25) is 4.79 Å². The first-order chi connectivity index (χ1) is 9.56. The van der Waals surface area contributed by atoms with Crippen LogP contribution < -0.4 is 0 Å². The third-order valence-electron chi connectivity index (χ3n) is 3.26. The number of halogens is 2. The number of rotatable bonds is 2. The van der Waals surface area contributed by atoms with Gasteiger partial charge >= 0.3 is 0 Å². The van der Waals surface area contributed by atoms with E-state index in [4.69, 9.17) is 23.2 Å². The molecule has 0 radical (unpaired) electrons. The van der Waals surface area contributed by atoms with Crippen LogP contribution >= 0.6 is 23.2 Å². The van der Waals surface area contributed by atoms with Crippen molar-refractivity contribution in [1.82, 2.24) is 4.98 Å². The molecule has 0 spiro atoms. The van der Waals surface area contributed by atoms with Crippen LogP contribution in [-0.2, 0) is 0 Å². The SMILES string of the molecule is Cc1ccc(C(=O)c2c[nH]c3cc(Cl)ccc23)c(Cl)c1. The second-order valence-corrected chi connectivity index (χ2v) is 5.55. The molecule has 0 unspecified atom stereocenters. The molecule has 2 nitrogen and oxygen atoms in total. The van der Waals surface area contributed by atoms with Gasteiger partial charge in [0.25, 0.3) is 0 Å². The van der Waals surface area contributed by atoms with Gasteiger partial charge in [0.05, 0.1) is 5.02 Å². The van der Waals surface area contributed by atoms with Crippen molar-refractivity contribution in [1.29, 1.82) is 0 Å². The number of ketones is 1. The van der Waals surface area contributed by atoms with E-state index in [9.17, 15) is 4.79 Å². The molecule has 3 aromatic rings. The molecule has 0 amide bonds. The number of aryl methyl sites for hydroxylation is 1. The molecular formula is C16H11Cl2NO. The highest BCUT2D eigenvalue weighted by Gasteiger charge is 2.16.